The number of nitrogens with one attached hydrogen (secondary N) is 1. The van der Waals surface area contributed by atoms with Crippen LogP contribution in [0.15, 0.2) is 55.1 Å². The zero-order valence-electron chi connectivity index (χ0n) is 14.7. The van der Waals surface area contributed by atoms with E-state index in [4.69, 9.17) is 0 Å². The van der Waals surface area contributed by atoms with Crippen molar-refractivity contribution in [1.82, 2.24) is 34.9 Å². The molecule has 7 nitrogen and oxygen atoms in total. The van der Waals surface area contributed by atoms with Gasteiger partial charge in [0.1, 0.15) is 17.8 Å². The maximum absolute atomic E-state index is 4.42. The normalized spacial score (nSPS) is 12.2. The lowest BCUT2D eigenvalue weighted by atomic mass is 9.95. The van der Waals surface area contributed by atoms with Gasteiger partial charge in [0.2, 0.25) is 0 Å². The quantitative estimate of drug-likeness (QED) is 0.601. The summed E-state index contributed by atoms with van der Waals surface area (Å²) >= 11 is 0. The van der Waals surface area contributed by atoms with Crippen LogP contribution in [0, 0.1) is 0 Å². The maximum atomic E-state index is 4.42. The summed E-state index contributed by atoms with van der Waals surface area (Å²) in [5, 5.41) is 15.6. The summed E-state index contributed by atoms with van der Waals surface area (Å²) in [6, 6.07) is 12.2. The second-order valence-electron chi connectivity index (χ2n) is 6.33. The van der Waals surface area contributed by atoms with Crippen LogP contribution >= 0.6 is 0 Å². The number of aromatic nitrogens is 7. The van der Waals surface area contributed by atoms with Gasteiger partial charge in [-0.1, -0.05) is 25.1 Å². The Hall–Kier alpha value is -3.35. The molecule has 0 bridgehead atoms. The van der Waals surface area contributed by atoms with Crippen LogP contribution in [-0.2, 0) is 13.5 Å². The van der Waals surface area contributed by atoms with Crippen molar-refractivity contribution in [2.24, 2.45) is 7.05 Å². The third kappa shape index (κ3) is 3.23. The van der Waals surface area contributed by atoms with Gasteiger partial charge in [-0.3, -0.25) is 5.10 Å². The third-order valence-corrected chi connectivity index (χ3v) is 4.43. The van der Waals surface area contributed by atoms with Gasteiger partial charge in [-0.25, -0.2) is 9.97 Å². The fraction of sp³-hybridized carbons (Fsp3) is 0.211. The van der Waals surface area contributed by atoms with Crippen molar-refractivity contribution in [2.75, 3.05) is 0 Å². The van der Waals surface area contributed by atoms with Crippen LogP contribution in [0.25, 0.3) is 22.8 Å². The minimum absolute atomic E-state index is 0.328. The van der Waals surface area contributed by atoms with E-state index in [1.165, 1.54) is 5.56 Å². The Morgan fingerprint density at radius 3 is 2.73 bits per heavy atom. The summed E-state index contributed by atoms with van der Waals surface area (Å²) < 4.78 is 1.96. The number of rotatable bonds is 5. The zero-order chi connectivity index (χ0) is 17.9. The molecule has 0 saturated heterocycles. The van der Waals surface area contributed by atoms with Crippen molar-refractivity contribution in [3.8, 4) is 22.8 Å². The summed E-state index contributed by atoms with van der Waals surface area (Å²) in [5.74, 6) is 1.94. The van der Waals surface area contributed by atoms with Gasteiger partial charge in [0, 0.05) is 31.4 Å². The number of hydrogen-bond donors (Lipinski definition) is 1. The number of H-pyrrole nitrogens is 1. The van der Waals surface area contributed by atoms with E-state index in [2.05, 4.69) is 61.6 Å². The van der Waals surface area contributed by atoms with Crippen LogP contribution in [0.2, 0.25) is 0 Å². The van der Waals surface area contributed by atoms with E-state index in [0.29, 0.717) is 11.7 Å². The molecule has 1 unspecified atom stereocenters. The molecule has 0 spiro atoms. The molecule has 1 atom stereocenters. The van der Waals surface area contributed by atoms with Crippen LogP contribution in [0.4, 0.5) is 0 Å². The van der Waals surface area contributed by atoms with Gasteiger partial charge in [0.05, 0.1) is 5.69 Å². The van der Waals surface area contributed by atoms with Crippen LogP contribution < -0.4 is 0 Å². The monoisotopic (exact) mass is 345 g/mol. The van der Waals surface area contributed by atoms with E-state index in [1.54, 1.807) is 24.8 Å². The van der Waals surface area contributed by atoms with Crippen molar-refractivity contribution in [3.05, 3.63) is 66.5 Å². The first-order valence-electron chi connectivity index (χ1n) is 8.46. The number of hydrogen-bond acceptors (Lipinski definition) is 5. The molecule has 0 radical (unpaired) electrons. The van der Waals surface area contributed by atoms with Crippen molar-refractivity contribution >= 4 is 0 Å². The fourth-order valence-electron chi connectivity index (χ4n) is 2.91. The Bertz CT molecular complexity index is 1000. The van der Waals surface area contributed by atoms with Crippen molar-refractivity contribution < 1.29 is 0 Å². The highest BCUT2D eigenvalue weighted by Crippen LogP contribution is 2.26. The maximum Gasteiger partial charge on any atom is 0.177 e. The average Bonchev–Trinajstić information content (AvgIpc) is 3.32. The van der Waals surface area contributed by atoms with E-state index in [1.807, 2.05) is 17.7 Å². The summed E-state index contributed by atoms with van der Waals surface area (Å²) in [7, 11) is 1.97. The lowest BCUT2D eigenvalue weighted by Crippen LogP contribution is -2.04. The van der Waals surface area contributed by atoms with E-state index < -0.39 is 0 Å². The Morgan fingerprint density at radius 1 is 1.12 bits per heavy atom. The Kier molecular flexibility index (Phi) is 4.27. The van der Waals surface area contributed by atoms with Gasteiger partial charge in [0.15, 0.2) is 5.82 Å². The zero-order valence-corrected chi connectivity index (χ0v) is 14.7. The van der Waals surface area contributed by atoms with Gasteiger partial charge >= 0.3 is 0 Å². The van der Waals surface area contributed by atoms with Crippen molar-refractivity contribution in [1.29, 1.82) is 0 Å². The van der Waals surface area contributed by atoms with Gasteiger partial charge in [-0.2, -0.15) is 5.10 Å². The van der Waals surface area contributed by atoms with E-state index in [-0.39, 0.29) is 0 Å². The summed E-state index contributed by atoms with van der Waals surface area (Å²) in [4.78, 5) is 8.51. The first-order chi connectivity index (χ1) is 12.7. The van der Waals surface area contributed by atoms with Crippen molar-refractivity contribution in [3.63, 3.8) is 0 Å². The lowest BCUT2D eigenvalue weighted by Gasteiger charge is -2.12. The predicted molar refractivity (Wildman–Crippen MR) is 98.2 cm³/mol. The molecule has 0 saturated carbocycles. The Morgan fingerprint density at radius 2 is 1.96 bits per heavy atom. The van der Waals surface area contributed by atoms with E-state index in [9.17, 15) is 0 Å². The highest BCUT2D eigenvalue weighted by Gasteiger charge is 2.13. The van der Waals surface area contributed by atoms with Gasteiger partial charge in [-0.05, 0) is 29.7 Å². The Labute approximate surface area is 151 Å². The number of aromatic amines is 1. The molecule has 1 N–H and O–H groups in total. The topological polar surface area (TPSA) is 85.2 Å². The largest absolute Gasteiger partial charge is 0.321 e. The van der Waals surface area contributed by atoms with Crippen LogP contribution in [0.5, 0.6) is 0 Å². The molecule has 7 heteroatoms. The standard InChI is InChI=1S/C19H19N7/c1-13(9-18-25-22-12-26(18)2)14-5-3-6-15(10-14)16-11-17(24-23-16)19-20-7-4-8-21-19/h3-8,10-13H,9H2,1-2H3,(H,23,24). The molecule has 3 heterocycles. The smallest absolute Gasteiger partial charge is 0.177 e. The molecule has 0 aliphatic heterocycles. The molecular formula is C19H19N7. The van der Waals surface area contributed by atoms with Gasteiger partial charge in [-0.15, -0.1) is 10.2 Å². The molecule has 1 aromatic carbocycles. The highest BCUT2D eigenvalue weighted by molar-refractivity contribution is 5.65. The lowest BCUT2D eigenvalue weighted by molar-refractivity contribution is 0.681. The molecule has 3 aromatic heterocycles. The predicted octanol–water partition coefficient (Wildman–Crippen LogP) is 3.01. The van der Waals surface area contributed by atoms with Crippen LogP contribution in [0.3, 0.4) is 0 Å². The highest BCUT2D eigenvalue weighted by atomic mass is 15.2. The fourth-order valence-corrected chi connectivity index (χ4v) is 2.91. The minimum Gasteiger partial charge on any atom is -0.321 e. The van der Waals surface area contributed by atoms with Gasteiger partial charge in [0.25, 0.3) is 0 Å². The Balaban J connectivity index is 1.58. The molecule has 0 aliphatic rings. The average molecular weight is 345 g/mol. The molecule has 4 aromatic rings. The van der Waals surface area contributed by atoms with Crippen LogP contribution in [-0.4, -0.2) is 34.9 Å². The molecule has 0 amide bonds. The number of nitrogens with zero attached hydrogens (tertiary/aromatic N) is 6. The number of benzene rings is 1. The van der Waals surface area contributed by atoms with E-state index >= 15 is 0 Å². The third-order valence-electron chi connectivity index (χ3n) is 4.43. The molecule has 26 heavy (non-hydrogen) atoms. The molecule has 0 aliphatic carbocycles. The summed E-state index contributed by atoms with van der Waals surface area (Å²) in [5.41, 5.74) is 3.98. The number of aryl methyl sites for hydroxylation is 1. The van der Waals surface area contributed by atoms with E-state index in [0.717, 1.165) is 29.2 Å². The van der Waals surface area contributed by atoms with Crippen molar-refractivity contribution in [2.45, 2.75) is 19.3 Å². The molecule has 130 valence electrons. The first kappa shape index (κ1) is 16.1. The summed E-state index contributed by atoms with van der Waals surface area (Å²) in [6.45, 7) is 2.20. The molecule has 0 fully saturated rings. The first-order valence-corrected chi connectivity index (χ1v) is 8.46. The van der Waals surface area contributed by atoms with Crippen LogP contribution in [0.1, 0.15) is 24.2 Å². The molecule has 4 rings (SSSR count). The summed E-state index contributed by atoms with van der Waals surface area (Å²) in [6.07, 6.45) is 6.01. The SMILES string of the molecule is CC(Cc1nncn1C)c1cccc(-c2cc(-c3ncccn3)[nH]n2)c1. The second kappa shape index (κ2) is 6.87. The van der Waals surface area contributed by atoms with Gasteiger partial charge < -0.3 is 4.57 Å². The second-order valence-corrected chi connectivity index (χ2v) is 6.33. The molecular weight excluding hydrogens is 326 g/mol. The minimum atomic E-state index is 0.328.